The van der Waals surface area contributed by atoms with Gasteiger partial charge in [-0.3, -0.25) is 0 Å². The lowest BCUT2D eigenvalue weighted by Gasteiger charge is -2.13. The number of hydrogen-bond acceptors (Lipinski definition) is 2. The molecule has 0 amide bonds. The number of fused-ring (bicyclic) bond motifs is 1. The number of benzene rings is 1. The minimum Gasteiger partial charge on any atom is -0.361 e. The fourth-order valence-corrected chi connectivity index (χ4v) is 1.80. The molecule has 78 valence electrons. The van der Waals surface area contributed by atoms with Gasteiger partial charge >= 0.3 is 0 Å². The van der Waals surface area contributed by atoms with Crippen molar-refractivity contribution in [2.75, 3.05) is 0 Å². The van der Waals surface area contributed by atoms with Gasteiger partial charge in [-0.2, -0.15) is 0 Å². The monoisotopic (exact) mass is 202 g/mol. The largest absolute Gasteiger partial charge is 0.361 e. The van der Waals surface area contributed by atoms with Crippen LogP contribution in [0.4, 0.5) is 0 Å². The molecule has 0 saturated heterocycles. The molecule has 0 spiro atoms. The highest BCUT2D eigenvalue weighted by Crippen LogP contribution is 2.26. The van der Waals surface area contributed by atoms with E-state index in [4.69, 9.17) is 5.73 Å². The first kappa shape index (κ1) is 9.93. The summed E-state index contributed by atoms with van der Waals surface area (Å²) in [6.45, 7) is 1.97. The van der Waals surface area contributed by atoms with Gasteiger partial charge in [-0.15, -0.1) is 0 Å². The third-order valence-electron chi connectivity index (χ3n) is 2.85. The normalized spacial score (nSPS) is 15.1. The minimum absolute atomic E-state index is 0.0404. The Bertz CT molecular complexity index is 475. The van der Waals surface area contributed by atoms with Gasteiger partial charge < -0.3 is 15.5 Å². The predicted octanol–water partition coefficient (Wildman–Crippen LogP) is 1.80. The van der Waals surface area contributed by atoms with E-state index in [-0.39, 0.29) is 5.92 Å². The van der Waals surface area contributed by atoms with Crippen molar-refractivity contribution in [2.24, 2.45) is 5.73 Å². The number of H-pyrrole nitrogens is 1. The third kappa shape index (κ3) is 1.66. The molecule has 0 bridgehead atoms. The quantitative estimate of drug-likeness (QED) is 0.745. The van der Waals surface area contributed by atoms with Crippen molar-refractivity contribution >= 4 is 17.2 Å². The Balaban J connectivity index is 2.48. The van der Waals surface area contributed by atoms with Crippen LogP contribution in [0.1, 0.15) is 18.4 Å². The Morgan fingerprint density at radius 3 is 2.87 bits per heavy atom. The second kappa shape index (κ2) is 3.87. The summed E-state index contributed by atoms with van der Waals surface area (Å²) in [4.78, 5) is 13.8. The summed E-state index contributed by atoms with van der Waals surface area (Å²) >= 11 is 0. The number of para-hydroxylation sites is 1. The first-order valence-corrected chi connectivity index (χ1v) is 5.01. The van der Waals surface area contributed by atoms with Crippen LogP contribution in [-0.4, -0.2) is 17.3 Å². The molecule has 1 aromatic carbocycles. The summed E-state index contributed by atoms with van der Waals surface area (Å²) in [6.07, 6.45) is 2.73. The smallest absolute Gasteiger partial charge is 0.137 e. The van der Waals surface area contributed by atoms with Crippen molar-refractivity contribution in [1.82, 2.24) is 4.98 Å². The maximum absolute atomic E-state index is 10.6. The van der Waals surface area contributed by atoms with Gasteiger partial charge in [0.2, 0.25) is 0 Å². The molecule has 2 aromatic rings. The molecule has 2 unspecified atom stereocenters. The number of nitrogens with one attached hydrogen (secondary N) is 1. The van der Waals surface area contributed by atoms with E-state index in [1.807, 2.05) is 37.4 Å². The Hall–Kier alpha value is -1.61. The van der Waals surface area contributed by atoms with Gasteiger partial charge in [-0.1, -0.05) is 25.1 Å². The maximum Gasteiger partial charge on any atom is 0.137 e. The molecule has 1 heterocycles. The molecule has 1 aromatic heterocycles. The molecule has 0 radical (unpaired) electrons. The standard InChI is InChI=1S/C12H14N2O/c1-8(11(13)7-15)10-6-14-12-5-3-2-4-9(10)12/h2-8,11,14H,13H2,1H3. The summed E-state index contributed by atoms with van der Waals surface area (Å²) in [6, 6.07) is 7.57. The van der Waals surface area contributed by atoms with Crippen molar-refractivity contribution in [1.29, 1.82) is 0 Å². The van der Waals surface area contributed by atoms with Crippen LogP contribution in [0.5, 0.6) is 0 Å². The lowest BCUT2D eigenvalue weighted by Crippen LogP contribution is -2.27. The van der Waals surface area contributed by atoms with Crippen LogP contribution in [0.15, 0.2) is 30.5 Å². The van der Waals surface area contributed by atoms with Crippen molar-refractivity contribution in [3.05, 3.63) is 36.0 Å². The van der Waals surface area contributed by atoms with E-state index in [2.05, 4.69) is 4.98 Å². The van der Waals surface area contributed by atoms with Crippen LogP contribution < -0.4 is 5.73 Å². The average molecular weight is 202 g/mol. The number of aromatic amines is 1. The van der Waals surface area contributed by atoms with Crippen LogP contribution in [0.25, 0.3) is 10.9 Å². The number of rotatable bonds is 3. The van der Waals surface area contributed by atoms with Crippen molar-refractivity contribution in [3.8, 4) is 0 Å². The summed E-state index contributed by atoms with van der Waals surface area (Å²) in [5, 5.41) is 1.14. The zero-order valence-electron chi connectivity index (χ0n) is 8.60. The minimum atomic E-state index is -0.441. The van der Waals surface area contributed by atoms with E-state index in [0.29, 0.717) is 0 Å². The molecule has 3 heteroatoms. The average Bonchev–Trinajstić information content (AvgIpc) is 2.70. The third-order valence-corrected chi connectivity index (χ3v) is 2.85. The molecule has 3 N–H and O–H groups in total. The Morgan fingerprint density at radius 1 is 1.40 bits per heavy atom. The van der Waals surface area contributed by atoms with Crippen LogP contribution >= 0.6 is 0 Å². The van der Waals surface area contributed by atoms with Gasteiger partial charge in [0.15, 0.2) is 0 Å². The molecule has 15 heavy (non-hydrogen) atoms. The van der Waals surface area contributed by atoms with Gasteiger partial charge in [0.25, 0.3) is 0 Å². The number of hydrogen-bond donors (Lipinski definition) is 2. The lowest BCUT2D eigenvalue weighted by atomic mass is 9.94. The Kier molecular flexibility index (Phi) is 2.56. The molecule has 2 atom stereocenters. The van der Waals surface area contributed by atoms with Gasteiger partial charge in [-0.05, 0) is 11.6 Å². The first-order valence-electron chi connectivity index (χ1n) is 5.01. The molecule has 0 aliphatic rings. The molecule has 0 aliphatic heterocycles. The molecule has 0 fully saturated rings. The highest BCUT2D eigenvalue weighted by Gasteiger charge is 2.17. The maximum atomic E-state index is 10.6. The van der Waals surface area contributed by atoms with E-state index in [0.717, 1.165) is 22.8 Å². The SMILES string of the molecule is CC(c1c[nH]c2ccccc12)C(N)C=O. The zero-order chi connectivity index (χ0) is 10.8. The van der Waals surface area contributed by atoms with E-state index < -0.39 is 6.04 Å². The van der Waals surface area contributed by atoms with E-state index in [1.54, 1.807) is 0 Å². The van der Waals surface area contributed by atoms with Crippen LogP contribution in [0.3, 0.4) is 0 Å². The number of aromatic nitrogens is 1. The van der Waals surface area contributed by atoms with Gasteiger partial charge in [0.1, 0.15) is 6.29 Å². The molecular weight excluding hydrogens is 188 g/mol. The fraction of sp³-hybridized carbons (Fsp3) is 0.250. The summed E-state index contributed by atoms with van der Waals surface area (Å²) in [5.41, 5.74) is 7.90. The second-order valence-corrected chi connectivity index (χ2v) is 3.79. The van der Waals surface area contributed by atoms with Gasteiger partial charge in [-0.25, -0.2) is 0 Å². The first-order chi connectivity index (χ1) is 7.24. The topological polar surface area (TPSA) is 58.9 Å². The lowest BCUT2D eigenvalue weighted by molar-refractivity contribution is -0.109. The second-order valence-electron chi connectivity index (χ2n) is 3.79. The van der Waals surface area contributed by atoms with E-state index in [9.17, 15) is 4.79 Å². The zero-order valence-corrected chi connectivity index (χ0v) is 8.60. The number of aldehydes is 1. The fourth-order valence-electron chi connectivity index (χ4n) is 1.80. The van der Waals surface area contributed by atoms with Gasteiger partial charge in [0, 0.05) is 23.0 Å². The molecular formula is C12H14N2O. The van der Waals surface area contributed by atoms with Gasteiger partial charge in [0.05, 0.1) is 6.04 Å². The van der Waals surface area contributed by atoms with E-state index >= 15 is 0 Å². The number of nitrogens with two attached hydrogens (primary N) is 1. The van der Waals surface area contributed by atoms with Crippen LogP contribution in [0.2, 0.25) is 0 Å². The predicted molar refractivity (Wildman–Crippen MR) is 60.8 cm³/mol. The van der Waals surface area contributed by atoms with Crippen LogP contribution in [-0.2, 0) is 4.79 Å². The Morgan fingerprint density at radius 2 is 2.13 bits per heavy atom. The molecule has 2 rings (SSSR count). The summed E-state index contributed by atoms with van der Waals surface area (Å²) < 4.78 is 0. The molecule has 3 nitrogen and oxygen atoms in total. The summed E-state index contributed by atoms with van der Waals surface area (Å²) in [5.74, 6) is 0.0404. The van der Waals surface area contributed by atoms with Crippen molar-refractivity contribution < 1.29 is 4.79 Å². The van der Waals surface area contributed by atoms with Crippen molar-refractivity contribution in [2.45, 2.75) is 18.9 Å². The highest BCUT2D eigenvalue weighted by atomic mass is 16.1. The molecule has 0 aliphatic carbocycles. The van der Waals surface area contributed by atoms with Crippen LogP contribution in [0, 0.1) is 0 Å². The number of carbonyl (C=O) groups is 1. The molecule has 0 saturated carbocycles. The summed E-state index contributed by atoms with van der Waals surface area (Å²) in [7, 11) is 0. The van der Waals surface area contributed by atoms with E-state index in [1.165, 1.54) is 0 Å². The highest BCUT2D eigenvalue weighted by molar-refractivity contribution is 5.84. The van der Waals surface area contributed by atoms with Crippen molar-refractivity contribution in [3.63, 3.8) is 0 Å². The Labute approximate surface area is 88.3 Å². The number of carbonyl (C=O) groups excluding carboxylic acids is 1.